The highest BCUT2D eigenvalue weighted by atomic mass is 16.6. The van der Waals surface area contributed by atoms with Crippen LogP contribution in [0.5, 0.6) is 0 Å². The van der Waals surface area contributed by atoms with E-state index in [0.717, 1.165) is 5.69 Å². The molecule has 0 saturated carbocycles. The molecule has 0 heterocycles. The Hall–Kier alpha value is -1.75. The van der Waals surface area contributed by atoms with Gasteiger partial charge in [0, 0.05) is 18.5 Å². The number of anilines is 2. The van der Waals surface area contributed by atoms with Gasteiger partial charge in [0.05, 0.1) is 12.6 Å². The molecular weight excluding hydrogens is 280 g/mol. The van der Waals surface area contributed by atoms with Gasteiger partial charge in [-0.15, -0.1) is 0 Å². The average molecular weight is 308 g/mol. The van der Waals surface area contributed by atoms with E-state index < -0.39 is 11.7 Å². The lowest BCUT2D eigenvalue weighted by molar-refractivity contribution is 0.0636. The molecule has 1 aromatic rings. The topological polar surface area (TPSA) is 59.6 Å². The van der Waals surface area contributed by atoms with E-state index in [9.17, 15) is 4.79 Å². The second kappa shape index (κ2) is 8.03. The third kappa shape index (κ3) is 6.80. The summed E-state index contributed by atoms with van der Waals surface area (Å²) in [6.07, 6.45) is -0.451. The summed E-state index contributed by atoms with van der Waals surface area (Å²) >= 11 is 0. The van der Waals surface area contributed by atoms with Crippen molar-refractivity contribution in [3.8, 4) is 0 Å². The highest BCUT2D eigenvalue weighted by Crippen LogP contribution is 2.18. The summed E-state index contributed by atoms with van der Waals surface area (Å²) in [5.41, 5.74) is 1.19. The van der Waals surface area contributed by atoms with Gasteiger partial charge in [0.1, 0.15) is 5.60 Å². The molecule has 1 aromatic carbocycles. The van der Waals surface area contributed by atoms with Gasteiger partial charge in [0.25, 0.3) is 0 Å². The number of amides is 1. The molecule has 1 atom stereocenters. The lowest BCUT2D eigenvalue weighted by atomic mass is 10.1. The summed E-state index contributed by atoms with van der Waals surface area (Å²) in [4.78, 5) is 11.7. The molecule has 0 aliphatic heterocycles. The summed E-state index contributed by atoms with van der Waals surface area (Å²) in [6, 6.07) is 7.79. The molecule has 5 heteroatoms. The smallest absolute Gasteiger partial charge is 0.412 e. The first-order valence-corrected chi connectivity index (χ1v) is 7.57. The van der Waals surface area contributed by atoms with Gasteiger partial charge >= 0.3 is 6.09 Å². The Kier molecular flexibility index (Phi) is 6.68. The summed E-state index contributed by atoms with van der Waals surface area (Å²) in [5, 5.41) is 6.14. The zero-order valence-electron chi connectivity index (χ0n) is 14.4. The average Bonchev–Trinajstić information content (AvgIpc) is 2.38. The molecule has 1 amide bonds. The van der Waals surface area contributed by atoms with Gasteiger partial charge < -0.3 is 14.8 Å². The van der Waals surface area contributed by atoms with Crippen LogP contribution in [0.2, 0.25) is 0 Å². The molecule has 2 N–H and O–H groups in total. The maximum Gasteiger partial charge on any atom is 0.412 e. The second-order valence-electron chi connectivity index (χ2n) is 6.65. The van der Waals surface area contributed by atoms with Crippen LogP contribution in [0.3, 0.4) is 0 Å². The largest absolute Gasteiger partial charge is 0.444 e. The van der Waals surface area contributed by atoms with Crippen LogP contribution in [-0.2, 0) is 9.47 Å². The highest BCUT2D eigenvalue weighted by Gasteiger charge is 2.16. The first-order valence-electron chi connectivity index (χ1n) is 7.57. The molecule has 0 fully saturated rings. The van der Waals surface area contributed by atoms with Crippen LogP contribution < -0.4 is 10.6 Å². The molecule has 0 radical (unpaired) electrons. The summed E-state index contributed by atoms with van der Waals surface area (Å²) < 4.78 is 10.4. The van der Waals surface area contributed by atoms with Crippen LogP contribution in [0.25, 0.3) is 0 Å². The highest BCUT2D eigenvalue weighted by molar-refractivity contribution is 5.85. The fourth-order valence-corrected chi connectivity index (χ4v) is 1.87. The number of methoxy groups -OCH3 is 1. The Morgan fingerprint density at radius 1 is 1.14 bits per heavy atom. The molecule has 0 spiro atoms. The van der Waals surface area contributed by atoms with Gasteiger partial charge in [-0.3, -0.25) is 5.32 Å². The zero-order chi connectivity index (χ0) is 16.8. The Labute approximate surface area is 133 Å². The fraction of sp³-hybridized carbons (Fsp3) is 0.588. The van der Waals surface area contributed by atoms with Crippen molar-refractivity contribution in [1.29, 1.82) is 0 Å². The number of carbonyl (C=O) groups excluding carboxylic acids is 1. The van der Waals surface area contributed by atoms with E-state index in [1.54, 1.807) is 7.11 Å². The predicted molar refractivity (Wildman–Crippen MR) is 90.4 cm³/mol. The van der Waals surface area contributed by atoms with Crippen LogP contribution >= 0.6 is 0 Å². The molecule has 124 valence electrons. The van der Waals surface area contributed by atoms with Gasteiger partial charge in [0.15, 0.2) is 0 Å². The normalized spacial score (nSPS) is 12.9. The van der Waals surface area contributed by atoms with E-state index in [1.165, 1.54) is 0 Å². The number of nitrogens with one attached hydrogen (secondary N) is 2. The maximum atomic E-state index is 11.7. The van der Waals surface area contributed by atoms with Crippen molar-refractivity contribution in [1.82, 2.24) is 0 Å². The monoisotopic (exact) mass is 308 g/mol. The number of rotatable bonds is 6. The van der Waals surface area contributed by atoms with Crippen LogP contribution in [0.1, 0.15) is 34.6 Å². The van der Waals surface area contributed by atoms with Crippen molar-refractivity contribution in [2.45, 2.75) is 46.3 Å². The van der Waals surface area contributed by atoms with Gasteiger partial charge in [-0.1, -0.05) is 13.8 Å². The second-order valence-corrected chi connectivity index (χ2v) is 6.65. The van der Waals surface area contributed by atoms with Crippen LogP contribution in [0, 0.1) is 5.92 Å². The molecule has 22 heavy (non-hydrogen) atoms. The molecule has 1 rings (SSSR count). The number of carbonyl (C=O) groups is 1. The third-order valence-electron chi connectivity index (χ3n) is 3.03. The van der Waals surface area contributed by atoms with Gasteiger partial charge in [-0.05, 0) is 51.0 Å². The first kappa shape index (κ1) is 18.3. The summed E-state index contributed by atoms with van der Waals surface area (Å²) in [7, 11) is 1.70. The molecule has 0 bridgehead atoms. The first-order chi connectivity index (χ1) is 10.2. The van der Waals surface area contributed by atoms with Gasteiger partial charge in [-0.25, -0.2) is 4.79 Å². The van der Waals surface area contributed by atoms with E-state index >= 15 is 0 Å². The number of hydrogen-bond acceptors (Lipinski definition) is 4. The molecule has 1 unspecified atom stereocenters. The van der Waals surface area contributed by atoms with Crippen molar-refractivity contribution >= 4 is 17.5 Å². The SMILES string of the molecule is COCC(Nc1ccc(NC(=O)OC(C)(C)C)cc1)C(C)C. The Bertz CT molecular complexity index is 464. The summed E-state index contributed by atoms with van der Waals surface area (Å²) in [6.45, 7) is 10.4. The predicted octanol–water partition coefficient (Wildman–Crippen LogP) is 4.12. The quantitative estimate of drug-likeness (QED) is 0.830. The maximum absolute atomic E-state index is 11.7. The van der Waals surface area contributed by atoms with E-state index in [-0.39, 0.29) is 6.04 Å². The molecule has 0 aliphatic rings. The van der Waals surface area contributed by atoms with Crippen LogP contribution in [-0.4, -0.2) is 31.5 Å². The fourth-order valence-electron chi connectivity index (χ4n) is 1.87. The molecule has 5 nitrogen and oxygen atoms in total. The van der Waals surface area contributed by atoms with Crippen LogP contribution in [0.4, 0.5) is 16.2 Å². The molecule has 0 aromatic heterocycles. The lowest BCUT2D eigenvalue weighted by Gasteiger charge is -2.23. The lowest BCUT2D eigenvalue weighted by Crippen LogP contribution is -2.30. The number of ether oxygens (including phenoxy) is 2. The minimum atomic E-state index is -0.504. The summed E-state index contributed by atoms with van der Waals surface area (Å²) in [5.74, 6) is 0.458. The van der Waals surface area contributed by atoms with E-state index in [2.05, 4.69) is 24.5 Å². The Balaban J connectivity index is 2.61. The van der Waals surface area contributed by atoms with Crippen molar-refractivity contribution < 1.29 is 14.3 Å². The Morgan fingerprint density at radius 2 is 1.68 bits per heavy atom. The zero-order valence-corrected chi connectivity index (χ0v) is 14.4. The Morgan fingerprint density at radius 3 is 2.14 bits per heavy atom. The van der Waals surface area contributed by atoms with Crippen LogP contribution in [0.15, 0.2) is 24.3 Å². The van der Waals surface area contributed by atoms with E-state index in [4.69, 9.17) is 9.47 Å². The van der Waals surface area contributed by atoms with Crippen molar-refractivity contribution in [2.75, 3.05) is 24.4 Å². The molecular formula is C17H28N2O3. The number of hydrogen-bond donors (Lipinski definition) is 2. The molecule has 0 aliphatic carbocycles. The van der Waals surface area contributed by atoms with Crippen molar-refractivity contribution in [3.63, 3.8) is 0 Å². The van der Waals surface area contributed by atoms with Crippen molar-refractivity contribution in [2.24, 2.45) is 5.92 Å². The van der Waals surface area contributed by atoms with E-state index in [1.807, 2.05) is 45.0 Å². The molecule has 0 saturated heterocycles. The van der Waals surface area contributed by atoms with Gasteiger partial charge in [-0.2, -0.15) is 0 Å². The van der Waals surface area contributed by atoms with Crippen molar-refractivity contribution in [3.05, 3.63) is 24.3 Å². The van der Waals surface area contributed by atoms with Gasteiger partial charge in [0.2, 0.25) is 0 Å². The van der Waals surface area contributed by atoms with E-state index in [0.29, 0.717) is 18.2 Å². The minimum Gasteiger partial charge on any atom is -0.444 e. The number of benzene rings is 1. The third-order valence-corrected chi connectivity index (χ3v) is 3.03. The standard InChI is InChI=1S/C17H28N2O3/c1-12(2)15(11-21-6)18-13-7-9-14(10-8-13)19-16(20)22-17(3,4)5/h7-10,12,15,18H,11H2,1-6H3,(H,19,20). The minimum absolute atomic E-state index is 0.245.